The van der Waals surface area contributed by atoms with Gasteiger partial charge in [-0.2, -0.15) is 0 Å². The van der Waals surface area contributed by atoms with E-state index >= 15 is 0 Å². The third kappa shape index (κ3) is 1.12. The Morgan fingerprint density at radius 2 is 1.11 bits per heavy atom. The zero-order valence-corrected chi connectivity index (χ0v) is 7.02. The van der Waals surface area contributed by atoms with Gasteiger partial charge in [0.2, 0.25) is 0 Å². The molecule has 0 unspecified atom stereocenters. The van der Waals surface area contributed by atoms with Gasteiger partial charge >= 0.3 is 0 Å². The van der Waals surface area contributed by atoms with Crippen LogP contribution in [0.3, 0.4) is 0 Å². The summed E-state index contributed by atoms with van der Waals surface area (Å²) in [4.78, 5) is 0. The molecule has 0 radical (unpaired) electrons. The lowest BCUT2D eigenvalue weighted by atomic mass is 9.92. The van der Waals surface area contributed by atoms with Gasteiger partial charge in [-0.25, -0.2) is 0 Å². The maximum absolute atomic E-state index is 2.39. The van der Waals surface area contributed by atoms with Crippen molar-refractivity contribution in [1.29, 1.82) is 0 Å². The van der Waals surface area contributed by atoms with Crippen LogP contribution in [0.4, 0.5) is 0 Å². The molecule has 0 aromatic rings. The van der Waals surface area contributed by atoms with E-state index in [-0.39, 0.29) is 0 Å². The number of hydrogen-bond acceptors (Lipinski definition) is 0. The molecule has 54 valence electrons. The second-order valence-corrected chi connectivity index (χ2v) is 3.91. The van der Waals surface area contributed by atoms with Gasteiger partial charge in [-0.1, -0.05) is 27.7 Å². The fourth-order valence-corrected chi connectivity index (χ4v) is 2.05. The largest absolute Gasteiger partial charge is 0.0622 e. The lowest BCUT2D eigenvalue weighted by Crippen LogP contribution is -2.07. The van der Waals surface area contributed by atoms with Gasteiger partial charge in [0.05, 0.1) is 0 Å². The summed E-state index contributed by atoms with van der Waals surface area (Å²) in [6.45, 7) is 9.53. The Kier molecular flexibility index (Phi) is 1.83. The molecule has 1 fully saturated rings. The first kappa shape index (κ1) is 7.11. The van der Waals surface area contributed by atoms with Crippen molar-refractivity contribution in [1.82, 2.24) is 0 Å². The average Bonchev–Trinajstić information content (AvgIpc) is 1.98. The maximum Gasteiger partial charge on any atom is -0.0389 e. The van der Waals surface area contributed by atoms with Crippen LogP contribution in [-0.4, -0.2) is 0 Å². The zero-order valence-electron chi connectivity index (χ0n) is 7.02. The first-order valence-corrected chi connectivity index (χ1v) is 4.13. The molecule has 1 aliphatic rings. The highest BCUT2D eigenvalue weighted by atomic mass is 14.4. The quantitative estimate of drug-likeness (QED) is 0.468. The van der Waals surface area contributed by atoms with Crippen molar-refractivity contribution < 1.29 is 0 Å². The van der Waals surface area contributed by atoms with Gasteiger partial charge in [0, 0.05) is 0 Å². The Morgan fingerprint density at radius 3 is 1.22 bits per heavy atom. The van der Waals surface area contributed by atoms with Gasteiger partial charge in [0.1, 0.15) is 0 Å². The van der Waals surface area contributed by atoms with Crippen LogP contribution in [0.1, 0.15) is 34.1 Å². The molecular formula is C9H18. The van der Waals surface area contributed by atoms with E-state index in [2.05, 4.69) is 27.7 Å². The highest BCUT2D eigenvalue weighted by molar-refractivity contribution is 4.81. The molecule has 1 saturated carbocycles. The molecule has 1 rings (SSSR count). The van der Waals surface area contributed by atoms with Gasteiger partial charge < -0.3 is 0 Å². The molecule has 0 aliphatic heterocycles. The minimum absolute atomic E-state index is 0.958. The molecule has 9 heavy (non-hydrogen) atoms. The predicted molar refractivity (Wildman–Crippen MR) is 41.3 cm³/mol. The van der Waals surface area contributed by atoms with Crippen molar-refractivity contribution in [3.05, 3.63) is 0 Å². The Bertz CT molecular complexity index is 84.2. The third-order valence-corrected chi connectivity index (χ3v) is 3.37. The lowest BCUT2D eigenvalue weighted by molar-refractivity contribution is 0.352. The minimum atomic E-state index is 0.958. The second-order valence-electron chi connectivity index (χ2n) is 3.91. The average molecular weight is 126 g/mol. The monoisotopic (exact) mass is 126 g/mol. The summed E-state index contributed by atoms with van der Waals surface area (Å²) in [7, 11) is 0. The summed E-state index contributed by atoms with van der Waals surface area (Å²) in [6.07, 6.45) is 1.45. The van der Waals surface area contributed by atoms with Gasteiger partial charge in [-0.15, -0.1) is 0 Å². The summed E-state index contributed by atoms with van der Waals surface area (Å²) in [5.41, 5.74) is 0. The van der Waals surface area contributed by atoms with Crippen LogP contribution in [0.25, 0.3) is 0 Å². The van der Waals surface area contributed by atoms with Crippen molar-refractivity contribution in [3.63, 3.8) is 0 Å². The fourth-order valence-electron chi connectivity index (χ4n) is 2.05. The Hall–Kier alpha value is 0. The van der Waals surface area contributed by atoms with E-state index in [0.29, 0.717) is 0 Å². The van der Waals surface area contributed by atoms with Gasteiger partial charge in [-0.05, 0) is 30.1 Å². The van der Waals surface area contributed by atoms with Crippen LogP contribution >= 0.6 is 0 Å². The predicted octanol–water partition coefficient (Wildman–Crippen LogP) is 2.93. The molecule has 0 bridgehead atoms. The van der Waals surface area contributed by atoms with Gasteiger partial charge in [0.15, 0.2) is 0 Å². The lowest BCUT2D eigenvalue weighted by Gasteiger charge is -2.14. The fraction of sp³-hybridized carbons (Fsp3) is 1.00. The van der Waals surface area contributed by atoms with Crippen molar-refractivity contribution >= 4 is 0 Å². The zero-order chi connectivity index (χ0) is 7.02. The third-order valence-electron chi connectivity index (χ3n) is 3.37. The number of hydrogen-bond donors (Lipinski definition) is 0. The summed E-state index contributed by atoms with van der Waals surface area (Å²) >= 11 is 0. The molecule has 4 atom stereocenters. The first-order valence-electron chi connectivity index (χ1n) is 4.13. The van der Waals surface area contributed by atoms with Crippen LogP contribution < -0.4 is 0 Å². The van der Waals surface area contributed by atoms with Crippen molar-refractivity contribution in [3.8, 4) is 0 Å². The maximum atomic E-state index is 2.39. The molecule has 0 N–H and O–H groups in total. The SMILES string of the molecule is C[C@@H]1[C@@H](C)[C@@H](C)C[C@@H]1C. The molecule has 1 aliphatic carbocycles. The Balaban J connectivity index is 2.54. The number of rotatable bonds is 0. The van der Waals surface area contributed by atoms with Crippen LogP contribution in [-0.2, 0) is 0 Å². The van der Waals surface area contributed by atoms with Crippen LogP contribution in [0.15, 0.2) is 0 Å². The van der Waals surface area contributed by atoms with E-state index in [4.69, 9.17) is 0 Å². The summed E-state index contributed by atoms with van der Waals surface area (Å²) < 4.78 is 0. The van der Waals surface area contributed by atoms with E-state index in [1.54, 1.807) is 0 Å². The van der Waals surface area contributed by atoms with Crippen molar-refractivity contribution in [2.75, 3.05) is 0 Å². The summed E-state index contributed by atoms with van der Waals surface area (Å²) in [5, 5.41) is 0. The normalized spacial score (nSPS) is 52.0. The van der Waals surface area contributed by atoms with Crippen LogP contribution in [0, 0.1) is 23.7 Å². The molecule has 0 heteroatoms. The topological polar surface area (TPSA) is 0 Å². The standard InChI is InChI=1S/C9H18/c1-6-5-7(2)9(4)8(6)3/h6-9H,5H2,1-4H3/t6-,7-,8-,9-/m0/s1. The Morgan fingerprint density at radius 1 is 0.778 bits per heavy atom. The minimum Gasteiger partial charge on any atom is -0.0622 e. The molecule has 0 spiro atoms. The molecule has 0 saturated heterocycles. The van der Waals surface area contributed by atoms with Crippen LogP contribution in [0.2, 0.25) is 0 Å². The summed E-state index contributed by atoms with van der Waals surface area (Å²) in [6, 6.07) is 0. The van der Waals surface area contributed by atoms with E-state index in [0.717, 1.165) is 23.7 Å². The molecular weight excluding hydrogens is 108 g/mol. The van der Waals surface area contributed by atoms with E-state index < -0.39 is 0 Å². The molecule has 0 nitrogen and oxygen atoms in total. The van der Waals surface area contributed by atoms with E-state index in [9.17, 15) is 0 Å². The molecule has 0 amide bonds. The van der Waals surface area contributed by atoms with Crippen molar-refractivity contribution in [2.45, 2.75) is 34.1 Å². The molecule has 0 aromatic carbocycles. The van der Waals surface area contributed by atoms with E-state index in [1.807, 2.05) is 0 Å². The van der Waals surface area contributed by atoms with E-state index in [1.165, 1.54) is 6.42 Å². The second kappa shape index (κ2) is 2.32. The highest BCUT2D eigenvalue weighted by Crippen LogP contribution is 2.40. The summed E-state index contributed by atoms with van der Waals surface area (Å²) in [5.74, 6) is 3.85. The first-order chi connectivity index (χ1) is 4.13. The molecule has 0 aromatic heterocycles. The van der Waals surface area contributed by atoms with Gasteiger partial charge in [0.25, 0.3) is 0 Å². The van der Waals surface area contributed by atoms with Crippen molar-refractivity contribution in [2.24, 2.45) is 23.7 Å². The Labute approximate surface area is 58.7 Å². The van der Waals surface area contributed by atoms with Crippen LogP contribution in [0.5, 0.6) is 0 Å². The molecule has 0 heterocycles. The highest BCUT2D eigenvalue weighted by Gasteiger charge is 2.31. The van der Waals surface area contributed by atoms with Gasteiger partial charge in [-0.3, -0.25) is 0 Å². The smallest absolute Gasteiger partial charge is 0.0389 e.